The fraction of sp³-hybridized carbons (Fsp3) is 0.645. The van der Waals surface area contributed by atoms with Gasteiger partial charge in [-0.25, -0.2) is 0 Å². The highest BCUT2D eigenvalue weighted by Crippen LogP contribution is 2.15. The molecular formula is C76H124O6. The van der Waals surface area contributed by atoms with Crippen molar-refractivity contribution in [1.29, 1.82) is 0 Å². The van der Waals surface area contributed by atoms with Crippen LogP contribution in [0.3, 0.4) is 0 Å². The second-order valence-electron chi connectivity index (χ2n) is 22.0. The average Bonchev–Trinajstić information content (AvgIpc) is 3.47. The van der Waals surface area contributed by atoms with Crippen LogP contribution in [0.25, 0.3) is 0 Å². The van der Waals surface area contributed by atoms with E-state index in [2.05, 4.69) is 167 Å². The van der Waals surface area contributed by atoms with Crippen LogP contribution >= 0.6 is 0 Å². The van der Waals surface area contributed by atoms with Gasteiger partial charge in [0.25, 0.3) is 0 Å². The van der Waals surface area contributed by atoms with Gasteiger partial charge in [-0.2, -0.15) is 0 Å². The maximum atomic E-state index is 12.9. The molecule has 6 heteroatoms. The number of carbonyl (C=O) groups is 3. The highest BCUT2D eigenvalue weighted by molar-refractivity contribution is 5.71. The minimum atomic E-state index is -0.801. The van der Waals surface area contributed by atoms with Crippen LogP contribution in [0, 0.1) is 0 Å². The van der Waals surface area contributed by atoms with E-state index in [0.717, 1.165) is 161 Å². The lowest BCUT2D eigenvalue weighted by Gasteiger charge is -2.18. The monoisotopic (exact) mass is 1130 g/mol. The second-order valence-corrected chi connectivity index (χ2v) is 22.0. The smallest absolute Gasteiger partial charge is 0.306 e. The first-order valence-corrected chi connectivity index (χ1v) is 33.8. The second kappa shape index (κ2) is 68.8. The lowest BCUT2D eigenvalue weighted by molar-refractivity contribution is -0.167. The Morgan fingerprint density at radius 3 is 0.780 bits per heavy atom. The van der Waals surface area contributed by atoms with Gasteiger partial charge in [0.15, 0.2) is 6.10 Å². The number of hydrogen-bond acceptors (Lipinski definition) is 6. The minimum absolute atomic E-state index is 0.0953. The van der Waals surface area contributed by atoms with Crippen molar-refractivity contribution >= 4 is 17.9 Å². The molecular weight excluding hydrogens is 1010 g/mol. The first-order chi connectivity index (χ1) is 40.5. The van der Waals surface area contributed by atoms with Crippen LogP contribution in [0.2, 0.25) is 0 Å². The SMILES string of the molecule is CC/C=C\C/C=C\C/C=C\C/C=C\C/C=C\C/C=C\C/C=C\CCCCCCCCCCCC(=O)OCC(COC(=O)CCCCCCC/C=C\C/C=C\CCCC)OC(=O)CCCCCCCC/C=C\C/C=C\C/C=C\CCCCC. The molecule has 0 aromatic rings. The van der Waals surface area contributed by atoms with Gasteiger partial charge in [0.05, 0.1) is 0 Å². The number of hydrogen-bond donors (Lipinski definition) is 0. The molecule has 1 unspecified atom stereocenters. The van der Waals surface area contributed by atoms with E-state index < -0.39 is 6.10 Å². The number of esters is 3. The zero-order valence-corrected chi connectivity index (χ0v) is 53.2. The number of unbranched alkanes of at least 4 members (excludes halogenated alkanes) is 25. The molecule has 464 valence electrons. The molecule has 6 nitrogen and oxygen atoms in total. The topological polar surface area (TPSA) is 78.9 Å². The summed E-state index contributed by atoms with van der Waals surface area (Å²) in [6.07, 6.45) is 98.5. The van der Waals surface area contributed by atoms with Crippen molar-refractivity contribution in [1.82, 2.24) is 0 Å². The molecule has 0 amide bonds. The van der Waals surface area contributed by atoms with Gasteiger partial charge in [-0.3, -0.25) is 14.4 Å². The molecule has 0 aromatic carbocycles. The molecule has 0 N–H and O–H groups in total. The van der Waals surface area contributed by atoms with Crippen molar-refractivity contribution < 1.29 is 28.6 Å². The molecule has 0 bridgehead atoms. The maximum absolute atomic E-state index is 12.9. The van der Waals surface area contributed by atoms with Gasteiger partial charge in [-0.15, -0.1) is 0 Å². The molecule has 0 aliphatic rings. The Bertz CT molecular complexity index is 1780. The lowest BCUT2D eigenvalue weighted by atomic mass is 10.1. The lowest BCUT2D eigenvalue weighted by Crippen LogP contribution is -2.30. The van der Waals surface area contributed by atoms with E-state index >= 15 is 0 Å². The van der Waals surface area contributed by atoms with Gasteiger partial charge in [0.2, 0.25) is 0 Å². The third-order valence-electron chi connectivity index (χ3n) is 14.0. The Labute approximate surface area is 506 Å². The first-order valence-electron chi connectivity index (χ1n) is 33.8. The van der Waals surface area contributed by atoms with Crippen LogP contribution in [0.15, 0.2) is 146 Å². The van der Waals surface area contributed by atoms with E-state index in [1.807, 2.05) is 0 Å². The Hall–Kier alpha value is -4.71. The molecule has 0 radical (unpaired) electrons. The molecule has 0 saturated heterocycles. The average molecular weight is 1130 g/mol. The van der Waals surface area contributed by atoms with E-state index in [9.17, 15) is 14.4 Å². The van der Waals surface area contributed by atoms with Gasteiger partial charge in [-0.05, 0) is 141 Å². The van der Waals surface area contributed by atoms with Crippen LogP contribution in [-0.4, -0.2) is 37.2 Å². The third kappa shape index (κ3) is 66.1. The third-order valence-corrected chi connectivity index (χ3v) is 14.0. The summed E-state index contributed by atoms with van der Waals surface area (Å²) in [5, 5.41) is 0. The van der Waals surface area contributed by atoms with Gasteiger partial charge in [0, 0.05) is 19.3 Å². The number of allylic oxidation sites excluding steroid dienone is 24. The predicted octanol–water partition coefficient (Wildman–Crippen LogP) is 23.5. The van der Waals surface area contributed by atoms with Crippen molar-refractivity contribution in [2.24, 2.45) is 0 Å². The molecule has 1 atom stereocenters. The van der Waals surface area contributed by atoms with Crippen molar-refractivity contribution in [3.63, 3.8) is 0 Å². The number of carbonyl (C=O) groups excluding carboxylic acids is 3. The van der Waals surface area contributed by atoms with Crippen LogP contribution in [0.1, 0.15) is 297 Å². The molecule has 0 aromatic heterocycles. The molecule has 0 heterocycles. The number of ether oxygens (including phenoxy) is 3. The van der Waals surface area contributed by atoms with E-state index in [-0.39, 0.29) is 31.1 Å². The zero-order valence-electron chi connectivity index (χ0n) is 53.2. The molecule has 0 rings (SSSR count). The Morgan fingerprint density at radius 1 is 0.256 bits per heavy atom. The summed E-state index contributed by atoms with van der Waals surface area (Å²) in [6, 6.07) is 0. The van der Waals surface area contributed by atoms with Crippen molar-refractivity contribution in [3.8, 4) is 0 Å². The Balaban J connectivity index is 4.35. The highest BCUT2D eigenvalue weighted by atomic mass is 16.6. The number of rotatable bonds is 60. The standard InChI is InChI=1S/C76H124O6/c1-4-7-10-13-16-19-22-25-28-30-32-33-34-35-36-37-38-39-40-41-42-43-45-46-48-51-54-57-60-63-66-69-75(78)81-72-73(71-80-74(77)68-65-62-59-56-53-50-27-24-21-18-15-12-9-6-3)82-76(79)70-67-64-61-58-55-52-49-47-44-31-29-26-23-20-17-14-11-8-5-2/h7,10,15-20,24-29,32-33,35-36,38-39,41-42,44,47,73H,4-6,8-9,11-14,21-23,30-31,34,37,40,43,45-46,48-72H2,1-3H3/b10-7-,18-15-,19-16-,20-17-,27-24-,28-25-,29-26-,33-32-,36-35-,39-38-,42-41-,47-44-. The summed E-state index contributed by atoms with van der Waals surface area (Å²) in [6.45, 7) is 6.44. The molecule has 0 fully saturated rings. The summed E-state index contributed by atoms with van der Waals surface area (Å²) in [7, 11) is 0. The summed E-state index contributed by atoms with van der Waals surface area (Å²) in [5.74, 6) is -0.925. The maximum Gasteiger partial charge on any atom is 0.306 e. The Morgan fingerprint density at radius 2 is 0.488 bits per heavy atom. The van der Waals surface area contributed by atoms with Crippen LogP contribution in [-0.2, 0) is 28.6 Å². The largest absolute Gasteiger partial charge is 0.462 e. The van der Waals surface area contributed by atoms with Crippen molar-refractivity contribution in [2.75, 3.05) is 13.2 Å². The zero-order chi connectivity index (χ0) is 59.2. The summed E-state index contributed by atoms with van der Waals surface area (Å²) in [4.78, 5) is 38.4. The van der Waals surface area contributed by atoms with Gasteiger partial charge < -0.3 is 14.2 Å². The van der Waals surface area contributed by atoms with Crippen LogP contribution in [0.5, 0.6) is 0 Å². The van der Waals surface area contributed by atoms with Crippen molar-refractivity contribution in [3.05, 3.63) is 146 Å². The fourth-order valence-electron chi connectivity index (χ4n) is 8.98. The van der Waals surface area contributed by atoms with E-state index in [4.69, 9.17) is 14.2 Å². The minimum Gasteiger partial charge on any atom is -0.462 e. The van der Waals surface area contributed by atoms with E-state index in [0.29, 0.717) is 19.3 Å². The van der Waals surface area contributed by atoms with Crippen LogP contribution < -0.4 is 0 Å². The van der Waals surface area contributed by atoms with Crippen molar-refractivity contribution in [2.45, 2.75) is 303 Å². The fourth-order valence-corrected chi connectivity index (χ4v) is 8.98. The predicted molar refractivity (Wildman–Crippen MR) is 357 cm³/mol. The quantitative estimate of drug-likeness (QED) is 0.0261. The van der Waals surface area contributed by atoms with E-state index in [1.165, 1.54) is 96.3 Å². The summed E-state index contributed by atoms with van der Waals surface area (Å²) in [5.41, 5.74) is 0. The summed E-state index contributed by atoms with van der Waals surface area (Å²) < 4.78 is 16.9. The molecule has 82 heavy (non-hydrogen) atoms. The molecule has 0 aliphatic heterocycles. The highest BCUT2D eigenvalue weighted by Gasteiger charge is 2.19. The molecule has 0 aliphatic carbocycles. The summed E-state index contributed by atoms with van der Waals surface area (Å²) >= 11 is 0. The van der Waals surface area contributed by atoms with Gasteiger partial charge in [-0.1, -0.05) is 282 Å². The van der Waals surface area contributed by atoms with E-state index in [1.54, 1.807) is 0 Å². The van der Waals surface area contributed by atoms with Gasteiger partial charge in [0.1, 0.15) is 13.2 Å². The normalized spacial score (nSPS) is 13.1. The van der Waals surface area contributed by atoms with Crippen LogP contribution in [0.4, 0.5) is 0 Å². The Kier molecular flexibility index (Phi) is 64.8. The van der Waals surface area contributed by atoms with Gasteiger partial charge >= 0.3 is 17.9 Å². The first kappa shape index (κ1) is 77.3. The molecule has 0 spiro atoms. The molecule has 0 saturated carbocycles.